The Balaban J connectivity index is 1.79. The SMILES string of the molecule is O=C(O)[C@@H]1[C@H](C(=O)Nc2ccccn2)[C@@H]2C=C[C@@H]1O2. The molecule has 4 atom stereocenters. The Hall–Kier alpha value is -2.21. The normalized spacial score (nSPS) is 31.4. The van der Waals surface area contributed by atoms with Crippen LogP contribution in [0, 0.1) is 11.8 Å². The summed E-state index contributed by atoms with van der Waals surface area (Å²) in [7, 11) is 0. The van der Waals surface area contributed by atoms with Crippen molar-refractivity contribution in [1.29, 1.82) is 0 Å². The summed E-state index contributed by atoms with van der Waals surface area (Å²) in [4.78, 5) is 27.4. The van der Waals surface area contributed by atoms with Gasteiger partial charge in [-0.15, -0.1) is 0 Å². The number of pyridine rings is 1. The highest BCUT2D eigenvalue weighted by atomic mass is 16.5. The summed E-state index contributed by atoms with van der Waals surface area (Å²) >= 11 is 0. The van der Waals surface area contributed by atoms with E-state index in [1.807, 2.05) is 0 Å². The van der Waals surface area contributed by atoms with E-state index in [-0.39, 0.29) is 5.91 Å². The molecule has 2 aliphatic heterocycles. The summed E-state index contributed by atoms with van der Waals surface area (Å²) in [5, 5.41) is 11.8. The fourth-order valence-corrected chi connectivity index (χ4v) is 2.56. The highest BCUT2D eigenvalue weighted by Crippen LogP contribution is 2.39. The molecule has 2 bridgehead atoms. The maximum absolute atomic E-state index is 12.2. The smallest absolute Gasteiger partial charge is 0.310 e. The van der Waals surface area contributed by atoms with Gasteiger partial charge in [-0.2, -0.15) is 0 Å². The summed E-state index contributed by atoms with van der Waals surface area (Å²) in [6.45, 7) is 0. The highest BCUT2D eigenvalue weighted by molar-refractivity contribution is 5.96. The number of amides is 1. The fraction of sp³-hybridized carbons (Fsp3) is 0.308. The average Bonchev–Trinajstić information content (AvgIpc) is 2.99. The lowest BCUT2D eigenvalue weighted by Gasteiger charge is -2.20. The molecule has 3 rings (SSSR count). The van der Waals surface area contributed by atoms with Crippen molar-refractivity contribution in [2.24, 2.45) is 11.8 Å². The van der Waals surface area contributed by atoms with Gasteiger partial charge in [-0.25, -0.2) is 4.98 Å². The molecule has 0 unspecified atom stereocenters. The first kappa shape index (κ1) is 11.9. The van der Waals surface area contributed by atoms with Crippen LogP contribution in [0.1, 0.15) is 0 Å². The van der Waals surface area contributed by atoms with Gasteiger partial charge in [0.05, 0.1) is 18.1 Å². The predicted octanol–water partition coefficient (Wildman–Crippen LogP) is 0.674. The van der Waals surface area contributed by atoms with Crippen molar-refractivity contribution < 1.29 is 19.4 Å². The van der Waals surface area contributed by atoms with Gasteiger partial charge in [0.15, 0.2) is 0 Å². The summed E-state index contributed by atoms with van der Waals surface area (Å²) in [5.41, 5.74) is 0. The van der Waals surface area contributed by atoms with Gasteiger partial charge in [-0.05, 0) is 12.1 Å². The molecule has 0 aliphatic carbocycles. The minimum absolute atomic E-state index is 0.372. The number of ether oxygens (including phenoxy) is 1. The Kier molecular flexibility index (Phi) is 2.79. The van der Waals surface area contributed by atoms with Gasteiger partial charge in [-0.1, -0.05) is 18.2 Å². The topological polar surface area (TPSA) is 88.5 Å². The van der Waals surface area contributed by atoms with Crippen LogP contribution in [0.4, 0.5) is 5.82 Å². The van der Waals surface area contributed by atoms with E-state index in [4.69, 9.17) is 4.74 Å². The Morgan fingerprint density at radius 1 is 1.21 bits per heavy atom. The molecule has 2 aliphatic rings. The average molecular weight is 260 g/mol. The third-order valence-electron chi connectivity index (χ3n) is 3.40. The molecular weight excluding hydrogens is 248 g/mol. The van der Waals surface area contributed by atoms with Crippen molar-refractivity contribution in [1.82, 2.24) is 4.98 Å². The van der Waals surface area contributed by atoms with Gasteiger partial charge in [0.25, 0.3) is 0 Å². The number of nitrogens with one attached hydrogen (secondary N) is 1. The van der Waals surface area contributed by atoms with E-state index >= 15 is 0 Å². The van der Waals surface area contributed by atoms with Crippen molar-refractivity contribution in [2.45, 2.75) is 12.2 Å². The lowest BCUT2D eigenvalue weighted by Crippen LogP contribution is -2.39. The van der Waals surface area contributed by atoms with Crippen molar-refractivity contribution >= 4 is 17.7 Å². The van der Waals surface area contributed by atoms with Crippen LogP contribution in [0.15, 0.2) is 36.5 Å². The first-order chi connectivity index (χ1) is 9.16. The molecule has 3 heterocycles. The fourth-order valence-electron chi connectivity index (χ4n) is 2.56. The van der Waals surface area contributed by atoms with Gasteiger partial charge in [0.1, 0.15) is 11.7 Å². The Morgan fingerprint density at radius 3 is 2.58 bits per heavy atom. The van der Waals surface area contributed by atoms with Gasteiger partial charge in [0, 0.05) is 6.20 Å². The molecule has 0 aromatic carbocycles. The number of rotatable bonds is 3. The number of fused-ring (bicyclic) bond motifs is 2. The predicted molar refractivity (Wildman–Crippen MR) is 65.3 cm³/mol. The van der Waals surface area contributed by atoms with Crippen LogP contribution in [-0.4, -0.2) is 34.2 Å². The van der Waals surface area contributed by atoms with Crippen LogP contribution in [-0.2, 0) is 14.3 Å². The van der Waals surface area contributed by atoms with Crippen molar-refractivity contribution in [3.8, 4) is 0 Å². The minimum atomic E-state index is -1.02. The second-order valence-corrected chi connectivity index (χ2v) is 4.54. The maximum Gasteiger partial charge on any atom is 0.310 e. The van der Waals surface area contributed by atoms with E-state index in [0.717, 1.165) is 0 Å². The number of aromatic nitrogens is 1. The van der Waals surface area contributed by atoms with Gasteiger partial charge < -0.3 is 15.2 Å². The van der Waals surface area contributed by atoms with Crippen LogP contribution in [0.5, 0.6) is 0 Å². The second kappa shape index (κ2) is 4.47. The zero-order valence-electron chi connectivity index (χ0n) is 9.89. The maximum atomic E-state index is 12.2. The van der Waals surface area contributed by atoms with E-state index in [2.05, 4.69) is 10.3 Å². The molecule has 0 spiro atoms. The largest absolute Gasteiger partial charge is 0.481 e. The molecule has 1 saturated heterocycles. The minimum Gasteiger partial charge on any atom is -0.481 e. The number of aliphatic carboxylic acids is 1. The van der Waals surface area contributed by atoms with E-state index in [9.17, 15) is 14.7 Å². The lowest BCUT2D eigenvalue weighted by atomic mass is 9.82. The first-order valence-corrected chi connectivity index (χ1v) is 5.95. The molecule has 0 saturated carbocycles. The number of carboxylic acids is 1. The molecule has 6 nitrogen and oxygen atoms in total. The molecule has 1 amide bonds. The molecular formula is C13H12N2O4. The molecule has 98 valence electrons. The highest BCUT2D eigenvalue weighted by Gasteiger charge is 2.53. The number of hydrogen-bond donors (Lipinski definition) is 2. The summed E-state index contributed by atoms with van der Waals surface area (Å²) in [6.07, 6.45) is 4.03. The van der Waals surface area contributed by atoms with E-state index < -0.39 is 30.0 Å². The molecule has 1 fully saturated rings. The Morgan fingerprint density at radius 2 is 1.95 bits per heavy atom. The molecule has 19 heavy (non-hydrogen) atoms. The third kappa shape index (κ3) is 2.00. The molecule has 0 radical (unpaired) electrons. The monoisotopic (exact) mass is 260 g/mol. The van der Waals surface area contributed by atoms with E-state index in [1.54, 1.807) is 36.5 Å². The van der Waals surface area contributed by atoms with Gasteiger partial charge >= 0.3 is 5.97 Å². The van der Waals surface area contributed by atoms with Crippen LogP contribution in [0.2, 0.25) is 0 Å². The molecule has 1 aromatic heterocycles. The zero-order chi connectivity index (χ0) is 13.4. The van der Waals surface area contributed by atoms with E-state index in [1.165, 1.54) is 0 Å². The first-order valence-electron chi connectivity index (χ1n) is 5.95. The van der Waals surface area contributed by atoms with E-state index in [0.29, 0.717) is 5.82 Å². The van der Waals surface area contributed by atoms with Crippen molar-refractivity contribution in [3.05, 3.63) is 36.5 Å². The molecule has 1 aromatic rings. The van der Waals surface area contributed by atoms with Gasteiger partial charge in [0.2, 0.25) is 5.91 Å². The Bertz CT molecular complexity index is 543. The van der Waals surface area contributed by atoms with Crippen LogP contribution in [0.3, 0.4) is 0 Å². The van der Waals surface area contributed by atoms with Crippen LogP contribution < -0.4 is 5.32 Å². The number of carbonyl (C=O) groups excluding carboxylic acids is 1. The summed E-state index contributed by atoms with van der Waals surface area (Å²) in [5.74, 6) is -2.53. The van der Waals surface area contributed by atoms with Crippen LogP contribution >= 0.6 is 0 Å². The number of hydrogen-bond acceptors (Lipinski definition) is 4. The standard InChI is InChI=1S/C13H12N2O4/c16-12(15-9-3-1-2-6-14-9)10-7-4-5-8(19-7)11(10)13(17)18/h1-8,10-11H,(H,17,18)(H,14,15,16)/t7-,8-,10+,11-/m0/s1. The van der Waals surface area contributed by atoms with Crippen LogP contribution in [0.25, 0.3) is 0 Å². The third-order valence-corrected chi connectivity index (χ3v) is 3.40. The molecule has 2 N–H and O–H groups in total. The number of nitrogens with zero attached hydrogens (tertiary/aromatic N) is 1. The second-order valence-electron chi connectivity index (χ2n) is 4.54. The number of anilines is 1. The van der Waals surface area contributed by atoms with Crippen molar-refractivity contribution in [2.75, 3.05) is 5.32 Å². The number of carboxylic acid groups (broad SMARTS) is 1. The summed E-state index contributed by atoms with van der Waals surface area (Å²) < 4.78 is 5.44. The molecule has 6 heteroatoms. The number of carbonyl (C=O) groups is 2. The Labute approximate surface area is 109 Å². The van der Waals surface area contributed by atoms with Crippen molar-refractivity contribution in [3.63, 3.8) is 0 Å². The lowest BCUT2D eigenvalue weighted by molar-refractivity contribution is -0.145. The summed E-state index contributed by atoms with van der Waals surface area (Å²) in [6, 6.07) is 5.13. The van der Waals surface area contributed by atoms with Gasteiger partial charge in [-0.3, -0.25) is 9.59 Å². The quantitative estimate of drug-likeness (QED) is 0.780. The zero-order valence-corrected chi connectivity index (χ0v) is 9.89.